The highest BCUT2D eigenvalue weighted by Crippen LogP contribution is 2.17. The minimum Gasteiger partial charge on any atom is -0.374 e. The van der Waals surface area contributed by atoms with E-state index >= 15 is 0 Å². The van der Waals surface area contributed by atoms with Crippen LogP contribution >= 0.6 is 18.9 Å². The second kappa shape index (κ2) is 14.4. The summed E-state index contributed by atoms with van der Waals surface area (Å²) in [7, 11) is 1.98. The summed E-state index contributed by atoms with van der Waals surface area (Å²) in [5, 5.41) is 0. The van der Waals surface area contributed by atoms with Gasteiger partial charge in [0.1, 0.15) is 0 Å². The van der Waals surface area contributed by atoms with Crippen LogP contribution in [0.1, 0.15) is 20.8 Å². The molecule has 0 bridgehead atoms. The van der Waals surface area contributed by atoms with Gasteiger partial charge in [-0.2, -0.15) is 0 Å². The van der Waals surface area contributed by atoms with Gasteiger partial charge in [0.2, 0.25) is 0 Å². The Labute approximate surface area is 135 Å². The third-order valence-corrected chi connectivity index (χ3v) is 6.37. The van der Waals surface area contributed by atoms with Crippen LogP contribution in [-0.2, 0) is 22.3 Å². The molecule has 0 amide bonds. The zero-order chi connectivity index (χ0) is 16.0. The minimum absolute atomic E-state index is 0.607. The lowest BCUT2D eigenvalue weighted by Crippen LogP contribution is -2.48. The maximum absolute atomic E-state index is 5.87. The van der Waals surface area contributed by atoms with Gasteiger partial charge >= 0.3 is 8.80 Å². The van der Waals surface area contributed by atoms with Crippen LogP contribution in [0.5, 0.6) is 0 Å². The molecule has 0 spiro atoms. The molecule has 0 radical (unpaired) electrons. The highest BCUT2D eigenvalue weighted by atomic mass is 31.0. The first-order valence-electron chi connectivity index (χ1n) is 7.45. The van der Waals surface area contributed by atoms with Crippen molar-refractivity contribution in [3.05, 3.63) is 0 Å². The average Bonchev–Trinajstić information content (AvgIpc) is 2.47. The largest absolute Gasteiger partial charge is 0.502 e. The fourth-order valence-electron chi connectivity index (χ4n) is 2.00. The van der Waals surface area contributed by atoms with E-state index < -0.39 is 8.80 Å². The van der Waals surface area contributed by atoms with Gasteiger partial charge < -0.3 is 22.3 Å². The fourth-order valence-corrected chi connectivity index (χ4v) is 4.80. The summed E-state index contributed by atoms with van der Waals surface area (Å²) < 4.78 is 27.7. The van der Waals surface area contributed by atoms with Crippen molar-refractivity contribution < 1.29 is 22.3 Å². The quantitative estimate of drug-likeness (QED) is 0.329. The third kappa shape index (κ3) is 10.3. The maximum atomic E-state index is 5.87. The van der Waals surface area contributed by atoms with Crippen molar-refractivity contribution in [2.24, 2.45) is 0 Å². The summed E-state index contributed by atoms with van der Waals surface area (Å²) in [6.07, 6.45) is 0. The molecule has 6 nitrogen and oxygen atoms in total. The Kier molecular flexibility index (Phi) is 15.0. The fraction of sp³-hybridized carbons (Fsp3) is 1.00. The number of nitrogens with zero attached hydrogens (tertiary/aromatic N) is 1. The zero-order valence-corrected chi connectivity index (χ0v) is 16.8. The van der Waals surface area contributed by atoms with E-state index in [2.05, 4.69) is 23.8 Å². The molecule has 0 fully saturated rings. The highest BCUT2D eigenvalue weighted by molar-refractivity contribution is 7.10. The Morgan fingerprint density at radius 3 is 1.52 bits per heavy atom. The van der Waals surface area contributed by atoms with Crippen molar-refractivity contribution >= 4 is 27.7 Å². The molecule has 0 aliphatic heterocycles. The van der Waals surface area contributed by atoms with Crippen LogP contribution in [0.3, 0.4) is 0 Å². The number of hydrogen-bond donors (Lipinski definition) is 0. The van der Waals surface area contributed by atoms with Crippen molar-refractivity contribution in [3.63, 3.8) is 0 Å². The molecule has 128 valence electrons. The number of hydrogen-bond acceptors (Lipinski definition) is 6. The summed E-state index contributed by atoms with van der Waals surface area (Å²) >= 11 is 0. The molecule has 0 saturated heterocycles. The number of rotatable bonds is 15. The lowest BCUT2D eigenvalue weighted by Gasteiger charge is -2.31. The van der Waals surface area contributed by atoms with Crippen LogP contribution in [0.25, 0.3) is 0 Å². The van der Waals surface area contributed by atoms with Crippen molar-refractivity contribution in [2.45, 2.75) is 26.8 Å². The molecule has 0 rings (SSSR count). The Balaban J connectivity index is 4.54. The van der Waals surface area contributed by atoms with E-state index in [4.69, 9.17) is 22.3 Å². The van der Waals surface area contributed by atoms with E-state index in [1.54, 1.807) is 0 Å². The smallest absolute Gasteiger partial charge is 0.374 e. The van der Waals surface area contributed by atoms with E-state index in [-0.39, 0.29) is 0 Å². The molecule has 0 saturated carbocycles. The third-order valence-electron chi connectivity index (χ3n) is 2.88. The zero-order valence-electron chi connectivity index (χ0n) is 13.5. The summed E-state index contributed by atoms with van der Waals surface area (Å²) in [5.74, 6) is 0. The summed E-state index contributed by atoms with van der Waals surface area (Å²) in [5.41, 5.74) is 0. The SMILES string of the molecule is CCO[Si](CCN(CCOP)CCOP)(OCC)OCC. The van der Waals surface area contributed by atoms with E-state index in [0.717, 1.165) is 25.7 Å². The summed E-state index contributed by atoms with van der Waals surface area (Å²) in [6.45, 7) is 11.6. The molecular formula is C12H31NO5P2Si. The molecular weight excluding hydrogens is 328 g/mol. The van der Waals surface area contributed by atoms with Gasteiger partial charge in [-0.1, -0.05) is 0 Å². The van der Waals surface area contributed by atoms with Crippen molar-refractivity contribution in [3.8, 4) is 0 Å². The monoisotopic (exact) mass is 359 g/mol. The van der Waals surface area contributed by atoms with Gasteiger partial charge in [-0.25, -0.2) is 0 Å². The lowest BCUT2D eigenvalue weighted by atomic mass is 10.5. The summed E-state index contributed by atoms with van der Waals surface area (Å²) in [6, 6.07) is 0.774. The first kappa shape index (κ1) is 21.8. The Morgan fingerprint density at radius 2 is 1.19 bits per heavy atom. The molecule has 0 aromatic heterocycles. The van der Waals surface area contributed by atoms with Crippen LogP contribution < -0.4 is 0 Å². The molecule has 0 N–H and O–H groups in total. The Morgan fingerprint density at radius 1 is 0.762 bits per heavy atom. The van der Waals surface area contributed by atoms with Crippen molar-refractivity contribution in [1.29, 1.82) is 0 Å². The standard InChI is InChI=1S/C12H31NO5P2Si/c1-4-16-21(17-5-2,18-6-3)12-9-13(7-10-14-19)8-11-15-20/h4-12,19-20H2,1-3H3. The topological polar surface area (TPSA) is 49.4 Å². The van der Waals surface area contributed by atoms with E-state index in [1.165, 1.54) is 0 Å². The van der Waals surface area contributed by atoms with Gasteiger partial charge in [0.05, 0.1) is 13.2 Å². The van der Waals surface area contributed by atoms with Crippen molar-refractivity contribution in [1.82, 2.24) is 4.90 Å². The van der Waals surface area contributed by atoms with Gasteiger partial charge in [0.25, 0.3) is 0 Å². The van der Waals surface area contributed by atoms with Gasteiger partial charge in [-0.3, -0.25) is 4.90 Å². The Bertz CT molecular complexity index is 217. The lowest BCUT2D eigenvalue weighted by molar-refractivity contribution is 0.0670. The molecule has 0 aliphatic rings. The van der Waals surface area contributed by atoms with Crippen LogP contribution in [0, 0.1) is 0 Å². The predicted molar refractivity (Wildman–Crippen MR) is 93.2 cm³/mol. The Hall–Kier alpha value is 0.837. The van der Waals surface area contributed by atoms with Crippen LogP contribution in [0.15, 0.2) is 0 Å². The van der Waals surface area contributed by atoms with Crippen LogP contribution in [0.4, 0.5) is 0 Å². The van der Waals surface area contributed by atoms with Gasteiger partial charge in [0, 0.05) is 64.4 Å². The average molecular weight is 359 g/mol. The molecule has 2 atom stereocenters. The predicted octanol–water partition coefficient (Wildman–Crippen LogP) is 1.95. The van der Waals surface area contributed by atoms with Crippen LogP contribution in [0.2, 0.25) is 6.04 Å². The van der Waals surface area contributed by atoms with Gasteiger partial charge in [-0.15, -0.1) is 0 Å². The molecule has 21 heavy (non-hydrogen) atoms. The highest BCUT2D eigenvalue weighted by Gasteiger charge is 2.40. The minimum atomic E-state index is -2.57. The first-order valence-corrected chi connectivity index (χ1v) is 10.3. The second-order valence-corrected chi connectivity index (χ2v) is 7.71. The molecule has 0 aromatic rings. The maximum Gasteiger partial charge on any atom is 0.502 e. The normalized spacial score (nSPS) is 12.3. The molecule has 0 aromatic carbocycles. The van der Waals surface area contributed by atoms with Crippen molar-refractivity contribution in [2.75, 3.05) is 52.7 Å². The van der Waals surface area contributed by atoms with Gasteiger partial charge in [0.15, 0.2) is 0 Å². The molecule has 9 heteroatoms. The summed E-state index contributed by atoms with van der Waals surface area (Å²) in [4.78, 5) is 2.27. The van der Waals surface area contributed by atoms with E-state index in [0.29, 0.717) is 33.0 Å². The first-order chi connectivity index (χ1) is 10.2. The molecule has 2 unspecified atom stereocenters. The molecule has 0 heterocycles. The van der Waals surface area contributed by atoms with E-state index in [9.17, 15) is 0 Å². The second-order valence-electron chi connectivity index (χ2n) is 4.32. The van der Waals surface area contributed by atoms with Gasteiger partial charge in [-0.05, 0) is 20.8 Å². The molecule has 0 aliphatic carbocycles. The van der Waals surface area contributed by atoms with E-state index in [1.807, 2.05) is 20.8 Å². The van der Waals surface area contributed by atoms with Crippen LogP contribution in [-0.4, -0.2) is 66.4 Å².